The second-order valence-corrected chi connectivity index (χ2v) is 8.37. The number of pyridine rings is 1. The molecule has 0 radical (unpaired) electrons. The average molecular weight is 376 g/mol. The highest BCUT2D eigenvalue weighted by Crippen LogP contribution is 2.23. The van der Waals surface area contributed by atoms with Crippen molar-refractivity contribution in [1.29, 1.82) is 0 Å². The van der Waals surface area contributed by atoms with Gasteiger partial charge < -0.3 is 9.47 Å². The molecular weight excluding hydrogens is 352 g/mol. The van der Waals surface area contributed by atoms with E-state index in [-0.39, 0.29) is 17.7 Å². The molecule has 140 valence electrons. The van der Waals surface area contributed by atoms with Crippen molar-refractivity contribution in [2.45, 2.75) is 19.4 Å². The maximum Gasteiger partial charge on any atom is 0.211 e. The molecule has 2 atom stereocenters. The fourth-order valence-electron chi connectivity index (χ4n) is 2.91. The Morgan fingerprint density at radius 1 is 1.23 bits per heavy atom. The molecule has 0 saturated carbocycles. The zero-order valence-electron chi connectivity index (χ0n) is 14.8. The molecule has 1 N–H and O–H groups in total. The topological polar surface area (TPSA) is 77.5 Å². The van der Waals surface area contributed by atoms with Gasteiger partial charge in [-0.25, -0.2) is 13.1 Å². The number of aromatic nitrogens is 1. The smallest absolute Gasteiger partial charge is 0.211 e. The van der Waals surface area contributed by atoms with E-state index in [1.807, 2.05) is 42.6 Å². The Morgan fingerprint density at radius 3 is 2.73 bits per heavy atom. The van der Waals surface area contributed by atoms with Crippen LogP contribution in [-0.2, 0) is 14.8 Å². The highest BCUT2D eigenvalue weighted by molar-refractivity contribution is 7.89. The van der Waals surface area contributed by atoms with Gasteiger partial charge in [0.15, 0.2) is 0 Å². The lowest BCUT2D eigenvalue weighted by Crippen LogP contribution is -2.47. The van der Waals surface area contributed by atoms with Gasteiger partial charge in [-0.3, -0.25) is 4.98 Å². The lowest BCUT2D eigenvalue weighted by molar-refractivity contribution is 0.0186. The van der Waals surface area contributed by atoms with Gasteiger partial charge in [-0.2, -0.15) is 0 Å². The standard InChI is InChI=1S/C19H24N2O4S/c1-2-26(22,23)21-19-9-11-24-13-17(19)14-25-18-7-5-15(6-8-18)16-4-3-10-20-12-16/h3-8,10,12,17,19,21H,2,9,11,13-14H2,1H3/t17-,19+/m1/s1. The highest BCUT2D eigenvalue weighted by Gasteiger charge is 2.29. The van der Waals surface area contributed by atoms with Crippen LogP contribution in [0.2, 0.25) is 0 Å². The van der Waals surface area contributed by atoms with E-state index in [0.29, 0.717) is 26.2 Å². The minimum atomic E-state index is -3.24. The van der Waals surface area contributed by atoms with Crippen molar-refractivity contribution in [3.8, 4) is 16.9 Å². The lowest BCUT2D eigenvalue weighted by Gasteiger charge is -2.31. The predicted molar refractivity (Wildman–Crippen MR) is 100 cm³/mol. The van der Waals surface area contributed by atoms with Gasteiger partial charge in [-0.1, -0.05) is 18.2 Å². The molecule has 0 spiro atoms. The maximum absolute atomic E-state index is 11.9. The van der Waals surface area contributed by atoms with Crippen LogP contribution in [0.3, 0.4) is 0 Å². The molecule has 0 amide bonds. The molecule has 26 heavy (non-hydrogen) atoms. The largest absolute Gasteiger partial charge is 0.493 e. The normalized spacial score (nSPS) is 20.7. The van der Waals surface area contributed by atoms with Gasteiger partial charge in [-0.15, -0.1) is 0 Å². The fourth-order valence-corrected chi connectivity index (χ4v) is 3.85. The molecular formula is C19H24N2O4S. The Bertz CT molecular complexity index is 794. The van der Waals surface area contributed by atoms with Crippen LogP contribution in [0.4, 0.5) is 0 Å². The Hall–Kier alpha value is -1.96. The Morgan fingerprint density at radius 2 is 2.04 bits per heavy atom. The van der Waals surface area contributed by atoms with Crippen LogP contribution < -0.4 is 9.46 Å². The predicted octanol–water partition coefficient (Wildman–Crippen LogP) is 2.47. The first-order valence-corrected chi connectivity index (χ1v) is 10.4. The van der Waals surface area contributed by atoms with Crippen LogP contribution in [0, 0.1) is 5.92 Å². The summed E-state index contributed by atoms with van der Waals surface area (Å²) < 4.78 is 37.9. The van der Waals surface area contributed by atoms with E-state index in [0.717, 1.165) is 16.9 Å². The number of hydrogen-bond donors (Lipinski definition) is 1. The third-order valence-electron chi connectivity index (χ3n) is 4.50. The number of benzene rings is 1. The molecule has 3 rings (SSSR count). The molecule has 1 aliphatic heterocycles. The molecule has 1 aliphatic rings. The van der Waals surface area contributed by atoms with E-state index in [1.165, 1.54) is 0 Å². The monoisotopic (exact) mass is 376 g/mol. The van der Waals surface area contributed by atoms with Crippen LogP contribution >= 0.6 is 0 Å². The quantitative estimate of drug-likeness (QED) is 0.803. The minimum Gasteiger partial charge on any atom is -0.493 e. The summed E-state index contributed by atoms with van der Waals surface area (Å²) in [6.07, 6.45) is 4.23. The summed E-state index contributed by atoms with van der Waals surface area (Å²) in [6, 6.07) is 11.6. The van der Waals surface area contributed by atoms with Crippen LogP contribution in [0.25, 0.3) is 11.1 Å². The zero-order chi connectivity index (χ0) is 18.4. The second kappa shape index (κ2) is 8.62. The Kier molecular flexibility index (Phi) is 6.24. The van der Waals surface area contributed by atoms with Crippen LogP contribution in [-0.4, -0.2) is 45.0 Å². The van der Waals surface area contributed by atoms with Crippen LogP contribution in [0.5, 0.6) is 5.75 Å². The highest BCUT2D eigenvalue weighted by atomic mass is 32.2. The minimum absolute atomic E-state index is 0.0110. The number of hydrogen-bond acceptors (Lipinski definition) is 5. The third kappa shape index (κ3) is 5.03. The summed E-state index contributed by atoms with van der Waals surface area (Å²) >= 11 is 0. The Labute approximate surface area is 154 Å². The molecule has 0 unspecified atom stereocenters. The first-order valence-electron chi connectivity index (χ1n) is 8.78. The number of nitrogens with zero attached hydrogens (tertiary/aromatic N) is 1. The van der Waals surface area contributed by atoms with Crippen molar-refractivity contribution in [3.05, 3.63) is 48.8 Å². The van der Waals surface area contributed by atoms with Gasteiger partial charge in [0, 0.05) is 31.0 Å². The maximum atomic E-state index is 11.9. The number of sulfonamides is 1. The SMILES string of the molecule is CCS(=O)(=O)N[C@H]1CCOC[C@@H]1COc1ccc(-c2cccnc2)cc1. The van der Waals surface area contributed by atoms with Gasteiger partial charge in [-0.05, 0) is 42.7 Å². The molecule has 0 bridgehead atoms. The second-order valence-electron chi connectivity index (χ2n) is 6.33. The van der Waals surface area contributed by atoms with Gasteiger partial charge in [0.25, 0.3) is 0 Å². The van der Waals surface area contributed by atoms with E-state index in [9.17, 15) is 8.42 Å². The lowest BCUT2D eigenvalue weighted by atomic mass is 9.98. The van der Waals surface area contributed by atoms with E-state index >= 15 is 0 Å². The van der Waals surface area contributed by atoms with Gasteiger partial charge >= 0.3 is 0 Å². The summed E-state index contributed by atoms with van der Waals surface area (Å²) in [5.74, 6) is 0.816. The summed E-state index contributed by atoms with van der Waals surface area (Å²) in [5.41, 5.74) is 2.12. The summed E-state index contributed by atoms with van der Waals surface area (Å²) in [6.45, 7) is 3.10. The molecule has 1 fully saturated rings. The first kappa shape index (κ1) is 18.8. The zero-order valence-corrected chi connectivity index (χ0v) is 15.6. The van der Waals surface area contributed by atoms with Crippen molar-refractivity contribution >= 4 is 10.0 Å². The third-order valence-corrected chi connectivity index (χ3v) is 5.92. The molecule has 1 aromatic heterocycles. The Balaban J connectivity index is 1.60. The van der Waals surface area contributed by atoms with Crippen LogP contribution in [0.15, 0.2) is 48.8 Å². The molecule has 6 nitrogen and oxygen atoms in total. The number of ether oxygens (including phenoxy) is 2. The van der Waals surface area contributed by atoms with Gasteiger partial charge in [0.1, 0.15) is 5.75 Å². The van der Waals surface area contributed by atoms with Gasteiger partial charge in [0.05, 0.1) is 19.0 Å². The van der Waals surface area contributed by atoms with E-state index in [2.05, 4.69) is 9.71 Å². The summed E-state index contributed by atoms with van der Waals surface area (Å²) in [4.78, 5) is 4.12. The van der Waals surface area contributed by atoms with E-state index < -0.39 is 10.0 Å². The fraction of sp³-hybridized carbons (Fsp3) is 0.421. The van der Waals surface area contributed by atoms with Crippen LogP contribution in [0.1, 0.15) is 13.3 Å². The average Bonchev–Trinajstić information content (AvgIpc) is 2.68. The van der Waals surface area contributed by atoms with E-state index in [4.69, 9.17) is 9.47 Å². The van der Waals surface area contributed by atoms with Crippen molar-refractivity contribution in [1.82, 2.24) is 9.71 Å². The first-order chi connectivity index (χ1) is 12.6. The summed E-state index contributed by atoms with van der Waals surface area (Å²) in [5, 5.41) is 0. The van der Waals surface area contributed by atoms with Crippen molar-refractivity contribution in [2.24, 2.45) is 5.92 Å². The van der Waals surface area contributed by atoms with Gasteiger partial charge in [0.2, 0.25) is 10.0 Å². The van der Waals surface area contributed by atoms with Crippen molar-refractivity contribution in [3.63, 3.8) is 0 Å². The van der Waals surface area contributed by atoms with Crippen molar-refractivity contribution < 1.29 is 17.9 Å². The number of nitrogens with one attached hydrogen (secondary N) is 1. The molecule has 1 aromatic carbocycles. The number of rotatable bonds is 7. The molecule has 7 heteroatoms. The molecule has 2 heterocycles. The molecule has 0 aliphatic carbocycles. The van der Waals surface area contributed by atoms with E-state index in [1.54, 1.807) is 13.1 Å². The summed E-state index contributed by atoms with van der Waals surface area (Å²) in [7, 11) is -3.24. The molecule has 1 saturated heterocycles. The molecule has 2 aromatic rings. The van der Waals surface area contributed by atoms with Crippen molar-refractivity contribution in [2.75, 3.05) is 25.6 Å².